The molecule has 0 heterocycles. The Labute approximate surface area is 191 Å². The summed E-state index contributed by atoms with van der Waals surface area (Å²) in [5.41, 5.74) is 3.00. The Morgan fingerprint density at radius 2 is 1.26 bits per heavy atom. The van der Waals surface area contributed by atoms with Crippen molar-refractivity contribution in [3.05, 3.63) is 83.9 Å². The van der Waals surface area contributed by atoms with Crippen LogP contribution in [0.5, 0.6) is 0 Å². The molecule has 4 aromatic rings. The standard InChI is InChI=1S/C11H11.C10H9.C2H6Si.2ClH.Zr/c1-2-9-7-10-5-3-4-6-11(10)8-9;1-8-6-9-4-2-3-5-10(9)7-8;1-3-2;;;/h3-8H,2H2,1H3;2-7H,1H3;1-2H3;2*1H;/q2*-1;;;;+2/p-2. The molecule has 4 rings (SSSR count). The van der Waals surface area contributed by atoms with Gasteiger partial charge in [0, 0.05) is 0 Å². The number of aryl methyl sites for hydroxylation is 2. The van der Waals surface area contributed by atoms with Crippen LogP contribution in [0.2, 0.25) is 13.1 Å². The predicted molar refractivity (Wildman–Crippen MR) is 111 cm³/mol. The average Bonchev–Trinajstić information content (AvgIpc) is 3.16. The maximum Gasteiger partial charge on any atom is -0.0579 e. The normalized spacial score (nSPS) is 9.26. The Balaban J connectivity index is 0.000000397. The van der Waals surface area contributed by atoms with Crippen LogP contribution >= 0.6 is 0 Å². The van der Waals surface area contributed by atoms with Crippen LogP contribution in [0.1, 0.15) is 18.1 Å². The number of hydrogen-bond acceptors (Lipinski definition) is 0. The van der Waals surface area contributed by atoms with Crippen molar-refractivity contribution in [2.24, 2.45) is 0 Å². The smallest absolute Gasteiger partial charge is 0.0579 e. The number of hydrogen-bond donors (Lipinski definition) is 0. The zero-order valence-corrected chi connectivity index (χ0v) is 21.4. The first-order valence-electron chi connectivity index (χ1n) is 8.77. The summed E-state index contributed by atoms with van der Waals surface area (Å²) >= 11 is 1.74. The molecule has 0 atom stereocenters. The molecule has 0 bridgehead atoms. The van der Waals surface area contributed by atoms with E-state index in [9.17, 15) is 0 Å². The fourth-order valence-corrected chi connectivity index (χ4v) is 2.73. The fourth-order valence-electron chi connectivity index (χ4n) is 2.73. The van der Waals surface area contributed by atoms with Crippen LogP contribution in [0.25, 0.3) is 21.5 Å². The van der Waals surface area contributed by atoms with Crippen LogP contribution in [-0.4, -0.2) is 5.43 Å². The Kier molecular flexibility index (Phi) is 13.2. The maximum absolute atomic E-state index is 2.31. The van der Waals surface area contributed by atoms with E-state index in [-0.39, 0.29) is 30.2 Å². The molecule has 0 amide bonds. The monoisotopic (exact) mass is 490 g/mol. The number of halogens is 2. The minimum atomic E-state index is 0. The SMILES string of the molecule is CCc1cc2ccccc2[cH-]1.C[Si](C)=[Zr+2].Cc1cc2ccccc2[cH-]1.[Cl-].[Cl-]. The zero-order chi connectivity index (χ0) is 18.2. The molecule has 0 saturated heterocycles. The summed E-state index contributed by atoms with van der Waals surface area (Å²) in [4.78, 5) is 0. The van der Waals surface area contributed by atoms with Crippen LogP contribution in [0, 0.1) is 6.92 Å². The van der Waals surface area contributed by atoms with Crippen molar-refractivity contribution in [2.45, 2.75) is 33.4 Å². The quantitative estimate of drug-likeness (QED) is 0.272. The Morgan fingerprint density at radius 1 is 0.815 bits per heavy atom. The first kappa shape index (κ1) is 26.3. The van der Waals surface area contributed by atoms with Gasteiger partial charge in [0.1, 0.15) is 0 Å². The first-order chi connectivity index (χ1) is 12.0. The molecule has 0 unspecified atom stereocenters. The molecule has 142 valence electrons. The molecule has 0 aliphatic heterocycles. The van der Waals surface area contributed by atoms with Gasteiger partial charge in [-0.2, -0.15) is 12.1 Å². The molecule has 27 heavy (non-hydrogen) atoms. The molecule has 4 aromatic carbocycles. The van der Waals surface area contributed by atoms with Gasteiger partial charge < -0.3 is 24.8 Å². The van der Waals surface area contributed by atoms with Gasteiger partial charge in [-0.25, -0.2) is 0 Å². The molecule has 0 aliphatic rings. The third kappa shape index (κ3) is 8.92. The van der Waals surface area contributed by atoms with E-state index in [4.69, 9.17) is 0 Å². The molecule has 0 fully saturated rings. The number of fused-ring (bicyclic) bond motifs is 2. The molecule has 0 nitrogen and oxygen atoms in total. The molecule has 0 aliphatic carbocycles. The summed E-state index contributed by atoms with van der Waals surface area (Å²) in [6.07, 6.45) is 1.13. The van der Waals surface area contributed by atoms with Crippen molar-refractivity contribution in [3.63, 3.8) is 0 Å². The summed E-state index contributed by atoms with van der Waals surface area (Å²) < 4.78 is 0. The Hall–Kier alpha value is -0.660. The van der Waals surface area contributed by atoms with Gasteiger partial charge in [0.15, 0.2) is 0 Å². The van der Waals surface area contributed by atoms with Gasteiger partial charge in [-0.1, -0.05) is 26.0 Å². The summed E-state index contributed by atoms with van der Waals surface area (Å²) in [7, 11) is 0. The zero-order valence-electron chi connectivity index (χ0n) is 16.4. The second kappa shape index (κ2) is 13.5. The topological polar surface area (TPSA) is 0 Å². The van der Waals surface area contributed by atoms with Crippen LogP contribution in [0.4, 0.5) is 0 Å². The van der Waals surface area contributed by atoms with Crippen LogP contribution in [-0.2, 0) is 29.8 Å². The van der Waals surface area contributed by atoms with E-state index in [1.54, 1.807) is 23.3 Å². The van der Waals surface area contributed by atoms with Crippen molar-refractivity contribution < 1.29 is 48.1 Å². The van der Waals surface area contributed by atoms with E-state index in [0.717, 1.165) is 6.42 Å². The van der Waals surface area contributed by atoms with Gasteiger partial charge in [-0.05, 0) is 6.42 Å². The largest absolute Gasteiger partial charge is 1.00 e. The molecular weight excluding hydrogens is 466 g/mol. The van der Waals surface area contributed by atoms with Gasteiger partial charge >= 0.3 is 41.9 Å². The summed E-state index contributed by atoms with van der Waals surface area (Å²) in [6, 6.07) is 25.8. The molecule has 0 aromatic heterocycles. The van der Waals surface area contributed by atoms with Gasteiger partial charge in [0.2, 0.25) is 0 Å². The van der Waals surface area contributed by atoms with E-state index >= 15 is 0 Å². The minimum absolute atomic E-state index is 0. The molecule has 0 spiro atoms. The average molecular weight is 493 g/mol. The van der Waals surface area contributed by atoms with Gasteiger partial charge in [0.25, 0.3) is 0 Å². The third-order valence-corrected chi connectivity index (χ3v) is 3.85. The molecular formula is C23H26Cl2SiZr-2. The first-order valence-corrected chi connectivity index (χ1v) is 15.0. The van der Waals surface area contributed by atoms with Crippen LogP contribution in [0.15, 0.2) is 72.8 Å². The predicted octanol–water partition coefficient (Wildman–Crippen LogP) is 0.781. The van der Waals surface area contributed by atoms with E-state index < -0.39 is 0 Å². The fraction of sp³-hybridized carbons (Fsp3) is 0.217. The van der Waals surface area contributed by atoms with Crippen molar-refractivity contribution >= 4 is 27.0 Å². The molecule has 4 heteroatoms. The third-order valence-electron chi connectivity index (χ3n) is 3.85. The second-order valence-corrected chi connectivity index (χ2v) is 15.9. The van der Waals surface area contributed by atoms with Gasteiger partial charge in [0.05, 0.1) is 0 Å². The van der Waals surface area contributed by atoms with Crippen LogP contribution < -0.4 is 24.8 Å². The molecule has 0 radical (unpaired) electrons. The minimum Gasteiger partial charge on any atom is -1.00 e. The van der Waals surface area contributed by atoms with Gasteiger partial charge in [-0.3, -0.25) is 0 Å². The summed E-state index contributed by atoms with van der Waals surface area (Å²) in [5.74, 6) is 0. The van der Waals surface area contributed by atoms with Crippen molar-refractivity contribution in [3.8, 4) is 0 Å². The summed E-state index contributed by atoms with van der Waals surface area (Å²) in [6.45, 7) is 8.93. The van der Waals surface area contributed by atoms with Crippen molar-refractivity contribution in [2.75, 3.05) is 0 Å². The molecule has 0 N–H and O–H groups in total. The van der Waals surface area contributed by atoms with Gasteiger partial charge in [-0.15, -0.1) is 81.2 Å². The van der Waals surface area contributed by atoms with E-state index in [1.165, 1.54) is 32.7 Å². The van der Waals surface area contributed by atoms with E-state index in [1.807, 2.05) is 0 Å². The Bertz CT molecular complexity index is 883. The molecule has 0 saturated carbocycles. The summed E-state index contributed by atoms with van der Waals surface area (Å²) in [5, 5.41) is 5.42. The van der Waals surface area contributed by atoms with Crippen LogP contribution in [0.3, 0.4) is 0 Å². The Morgan fingerprint density at radius 3 is 1.70 bits per heavy atom. The number of rotatable bonds is 1. The van der Waals surface area contributed by atoms with E-state index in [2.05, 4.69) is 99.7 Å². The maximum atomic E-state index is 2.31. The second-order valence-electron chi connectivity index (χ2n) is 6.51. The van der Waals surface area contributed by atoms with Crippen molar-refractivity contribution in [1.82, 2.24) is 0 Å². The number of benzene rings is 2. The van der Waals surface area contributed by atoms with E-state index in [0.29, 0.717) is 0 Å². The van der Waals surface area contributed by atoms with Crippen molar-refractivity contribution in [1.29, 1.82) is 0 Å².